The van der Waals surface area contributed by atoms with E-state index < -0.39 is 24.0 Å². The molecule has 2 N–H and O–H groups in total. The molecule has 0 unspecified atom stereocenters. The summed E-state index contributed by atoms with van der Waals surface area (Å²) in [4.78, 5) is 34.4. The first-order valence-electron chi connectivity index (χ1n) is 14.6. The van der Waals surface area contributed by atoms with Crippen LogP contribution in [0.5, 0.6) is 0 Å². The van der Waals surface area contributed by atoms with E-state index in [0.717, 1.165) is 39.0 Å². The van der Waals surface area contributed by atoms with Gasteiger partial charge in [0.25, 0.3) is 11.8 Å². The van der Waals surface area contributed by atoms with E-state index >= 15 is 0 Å². The van der Waals surface area contributed by atoms with E-state index in [-0.39, 0.29) is 23.9 Å². The standard InChI is InChI=1S/C32H46N4O4/c1-23-15-17-35(19-25-11-7-5-8-12-25)21-27(23)33(3)31(39)29(37)30(38)32(40)34(4)28-22-36(18-16-24(28)2)20-26-13-9-6-10-14-26/h5-14,23-24,27-30,37-38H,15-22H2,1-4H3/t23-,24-,27+,28+,29-,30+/m0/s1. The van der Waals surface area contributed by atoms with Crippen molar-refractivity contribution in [3.05, 3.63) is 71.8 Å². The maximum atomic E-state index is 13.3. The van der Waals surface area contributed by atoms with Crippen molar-refractivity contribution < 1.29 is 19.8 Å². The molecule has 4 rings (SSSR count). The second-order valence-corrected chi connectivity index (χ2v) is 11.9. The fourth-order valence-corrected chi connectivity index (χ4v) is 6.22. The minimum Gasteiger partial charge on any atom is -0.380 e. The number of piperidine rings is 2. The zero-order valence-electron chi connectivity index (χ0n) is 24.4. The summed E-state index contributed by atoms with van der Waals surface area (Å²) in [5.41, 5.74) is 2.43. The molecule has 218 valence electrons. The van der Waals surface area contributed by atoms with Crippen molar-refractivity contribution in [2.45, 2.75) is 64.1 Å². The number of aliphatic hydroxyl groups excluding tert-OH is 2. The molecule has 2 saturated heterocycles. The molecule has 8 heteroatoms. The van der Waals surface area contributed by atoms with Gasteiger partial charge in [0.05, 0.1) is 0 Å². The number of hydrogen-bond acceptors (Lipinski definition) is 6. The van der Waals surface area contributed by atoms with Gasteiger partial charge in [-0.1, -0.05) is 74.5 Å². The Labute approximate surface area is 239 Å². The van der Waals surface area contributed by atoms with E-state index in [1.54, 1.807) is 14.1 Å². The second kappa shape index (κ2) is 13.7. The van der Waals surface area contributed by atoms with Crippen LogP contribution in [0.4, 0.5) is 0 Å². The number of benzene rings is 2. The van der Waals surface area contributed by atoms with Crippen LogP contribution in [0.3, 0.4) is 0 Å². The molecule has 2 aliphatic rings. The van der Waals surface area contributed by atoms with Crippen LogP contribution < -0.4 is 0 Å². The first kappa shape index (κ1) is 30.2. The van der Waals surface area contributed by atoms with Crippen molar-refractivity contribution >= 4 is 11.8 Å². The molecule has 2 aromatic carbocycles. The predicted molar refractivity (Wildman–Crippen MR) is 156 cm³/mol. The Morgan fingerprint density at radius 1 is 0.725 bits per heavy atom. The minimum absolute atomic E-state index is 0.121. The number of likely N-dealkylation sites (N-methyl/N-ethyl adjacent to an activating group) is 2. The fraction of sp³-hybridized carbons (Fsp3) is 0.562. The number of likely N-dealkylation sites (tertiary alicyclic amines) is 2. The molecule has 2 aromatic rings. The summed E-state index contributed by atoms with van der Waals surface area (Å²) in [7, 11) is 3.34. The first-order valence-corrected chi connectivity index (χ1v) is 14.6. The average molecular weight is 551 g/mol. The lowest BCUT2D eigenvalue weighted by Crippen LogP contribution is -2.59. The lowest BCUT2D eigenvalue weighted by atomic mass is 9.91. The van der Waals surface area contributed by atoms with Gasteiger partial charge < -0.3 is 20.0 Å². The molecule has 0 aromatic heterocycles. The molecule has 2 heterocycles. The van der Waals surface area contributed by atoms with Crippen LogP contribution in [-0.4, -0.2) is 106 Å². The second-order valence-electron chi connectivity index (χ2n) is 11.9. The van der Waals surface area contributed by atoms with Gasteiger partial charge in [-0.15, -0.1) is 0 Å². The van der Waals surface area contributed by atoms with Gasteiger partial charge >= 0.3 is 0 Å². The lowest BCUT2D eigenvalue weighted by Gasteiger charge is -2.43. The lowest BCUT2D eigenvalue weighted by molar-refractivity contribution is -0.161. The number of nitrogens with zero attached hydrogens (tertiary/aromatic N) is 4. The quantitative estimate of drug-likeness (QED) is 0.499. The maximum Gasteiger partial charge on any atom is 0.254 e. The van der Waals surface area contributed by atoms with Gasteiger partial charge in [0.1, 0.15) is 0 Å². The Morgan fingerprint density at radius 2 is 1.07 bits per heavy atom. The molecule has 8 nitrogen and oxygen atoms in total. The Kier molecular flexibility index (Phi) is 10.4. The Balaban J connectivity index is 1.35. The highest BCUT2D eigenvalue weighted by molar-refractivity contribution is 5.90. The SMILES string of the molecule is C[C@H]1CCN(Cc2ccccc2)C[C@H]1N(C)C(=O)[C@@H](O)[C@@H](O)C(=O)N(C)[C@@H]1CN(Cc2ccccc2)CC[C@@H]1C. The zero-order chi connectivity index (χ0) is 28.8. The molecule has 2 aliphatic heterocycles. The number of aliphatic hydroxyl groups is 2. The molecule has 6 atom stereocenters. The summed E-state index contributed by atoms with van der Waals surface area (Å²) in [6.45, 7) is 9.03. The van der Waals surface area contributed by atoms with Gasteiger partial charge in [-0.2, -0.15) is 0 Å². The summed E-state index contributed by atoms with van der Waals surface area (Å²) < 4.78 is 0. The van der Waals surface area contributed by atoms with Crippen molar-refractivity contribution in [1.29, 1.82) is 0 Å². The smallest absolute Gasteiger partial charge is 0.254 e. The van der Waals surface area contributed by atoms with Crippen molar-refractivity contribution in [2.24, 2.45) is 11.8 Å². The van der Waals surface area contributed by atoms with Gasteiger partial charge in [-0.25, -0.2) is 0 Å². The maximum absolute atomic E-state index is 13.3. The van der Waals surface area contributed by atoms with Crippen LogP contribution in [0, 0.1) is 11.8 Å². The minimum atomic E-state index is -1.81. The number of carbonyl (C=O) groups is 2. The predicted octanol–water partition coefficient (Wildman–Crippen LogP) is 2.45. The highest BCUT2D eigenvalue weighted by atomic mass is 16.3. The molecular weight excluding hydrogens is 504 g/mol. The Hall–Kier alpha value is -2.78. The molecule has 0 aliphatic carbocycles. The molecular formula is C32H46N4O4. The van der Waals surface area contributed by atoms with E-state index in [1.807, 2.05) is 36.4 Å². The zero-order valence-corrected chi connectivity index (χ0v) is 24.4. The van der Waals surface area contributed by atoms with E-state index in [2.05, 4.69) is 47.9 Å². The molecule has 0 radical (unpaired) electrons. The van der Waals surface area contributed by atoms with Crippen LogP contribution >= 0.6 is 0 Å². The third-order valence-electron chi connectivity index (χ3n) is 9.00. The molecule has 40 heavy (non-hydrogen) atoms. The molecule has 2 fully saturated rings. The van der Waals surface area contributed by atoms with Crippen LogP contribution in [-0.2, 0) is 22.7 Å². The third kappa shape index (κ3) is 7.29. The van der Waals surface area contributed by atoms with Crippen molar-refractivity contribution in [2.75, 3.05) is 40.3 Å². The highest BCUT2D eigenvalue weighted by Crippen LogP contribution is 2.26. The first-order chi connectivity index (χ1) is 19.2. The summed E-state index contributed by atoms with van der Waals surface area (Å²) in [5.74, 6) is -0.755. The van der Waals surface area contributed by atoms with Gasteiger partial charge in [0.2, 0.25) is 0 Å². The average Bonchev–Trinajstić information content (AvgIpc) is 2.98. The van der Waals surface area contributed by atoms with Crippen LogP contribution in [0.1, 0.15) is 37.8 Å². The van der Waals surface area contributed by atoms with E-state index in [4.69, 9.17) is 0 Å². The monoisotopic (exact) mass is 550 g/mol. The van der Waals surface area contributed by atoms with E-state index in [1.165, 1.54) is 20.9 Å². The van der Waals surface area contributed by atoms with Gasteiger partial charge in [0.15, 0.2) is 12.2 Å². The molecule has 0 spiro atoms. The number of amides is 2. The summed E-state index contributed by atoms with van der Waals surface area (Å²) in [6, 6.07) is 20.2. The van der Waals surface area contributed by atoms with E-state index in [0.29, 0.717) is 13.1 Å². The molecule has 0 saturated carbocycles. The van der Waals surface area contributed by atoms with Gasteiger partial charge in [-0.3, -0.25) is 19.4 Å². The third-order valence-corrected chi connectivity index (χ3v) is 9.00. The van der Waals surface area contributed by atoms with Crippen molar-refractivity contribution in [3.63, 3.8) is 0 Å². The topological polar surface area (TPSA) is 87.6 Å². The number of rotatable bonds is 9. The van der Waals surface area contributed by atoms with Crippen molar-refractivity contribution in [3.8, 4) is 0 Å². The molecule has 2 amide bonds. The summed E-state index contributed by atoms with van der Waals surface area (Å²) >= 11 is 0. The Morgan fingerprint density at radius 3 is 1.43 bits per heavy atom. The van der Waals surface area contributed by atoms with Gasteiger partial charge in [-0.05, 0) is 48.9 Å². The normalized spacial score (nSPS) is 25.6. The van der Waals surface area contributed by atoms with E-state index in [9.17, 15) is 19.8 Å². The van der Waals surface area contributed by atoms with Crippen molar-refractivity contribution in [1.82, 2.24) is 19.6 Å². The number of carbonyl (C=O) groups excluding carboxylic acids is 2. The Bertz CT molecular complexity index is 1010. The van der Waals surface area contributed by atoms with Crippen LogP contribution in [0.2, 0.25) is 0 Å². The summed E-state index contributed by atoms with van der Waals surface area (Å²) in [5, 5.41) is 21.8. The molecule has 0 bridgehead atoms. The fourth-order valence-electron chi connectivity index (χ4n) is 6.22. The number of hydrogen-bond donors (Lipinski definition) is 2. The van der Waals surface area contributed by atoms with Crippen LogP contribution in [0.15, 0.2) is 60.7 Å². The highest BCUT2D eigenvalue weighted by Gasteiger charge is 2.41. The largest absolute Gasteiger partial charge is 0.380 e. The van der Waals surface area contributed by atoms with Gasteiger partial charge in [0, 0.05) is 52.4 Å². The van der Waals surface area contributed by atoms with Crippen LogP contribution in [0.25, 0.3) is 0 Å². The summed E-state index contributed by atoms with van der Waals surface area (Å²) in [6.07, 6.45) is -1.77.